The molecule has 0 aliphatic carbocycles. The Morgan fingerprint density at radius 3 is 3.00 bits per heavy atom. The second kappa shape index (κ2) is 7.26. The molecule has 0 bridgehead atoms. The molecule has 1 aliphatic rings. The minimum Gasteiger partial charge on any atom is -0.340 e. The molecule has 0 radical (unpaired) electrons. The molecule has 1 atom stereocenters. The van der Waals surface area contributed by atoms with Crippen molar-refractivity contribution < 1.29 is 4.79 Å². The lowest BCUT2D eigenvalue weighted by molar-refractivity contribution is 0.0761. The first kappa shape index (κ1) is 15.6. The van der Waals surface area contributed by atoms with Crippen LogP contribution < -0.4 is 5.73 Å². The van der Waals surface area contributed by atoms with E-state index in [4.69, 9.17) is 5.73 Å². The van der Waals surface area contributed by atoms with Crippen LogP contribution in [0.15, 0.2) is 24.3 Å². The van der Waals surface area contributed by atoms with Crippen molar-refractivity contribution >= 4 is 5.91 Å². The van der Waals surface area contributed by atoms with Crippen LogP contribution in [0.25, 0.3) is 0 Å². The van der Waals surface area contributed by atoms with E-state index in [0.29, 0.717) is 18.2 Å². The molecule has 1 unspecified atom stereocenters. The summed E-state index contributed by atoms with van der Waals surface area (Å²) in [5.41, 5.74) is 6.89. The van der Waals surface area contributed by atoms with Gasteiger partial charge in [0, 0.05) is 30.8 Å². The number of carbonyl (C=O) groups is 1. The Balaban J connectivity index is 2.04. The lowest BCUT2D eigenvalue weighted by atomic mass is 10.1. The molecule has 0 saturated carbocycles. The zero-order valence-electron chi connectivity index (χ0n) is 12.8. The van der Waals surface area contributed by atoms with E-state index in [-0.39, 0.29) is 5.91 Å². The van der Waals surface area contributed by atoms with Crippen molar-refractivity contribution in [2.75, 3.05) is 33.7 Å². The second-order valence-corrected chi connectivity index (χ2v) is 5.55. The van der Waals surface area contributed by atoms with E-state index in [2.05, 4.69) is 23.8 Å². The van der Waals surface area contributed by atoms with Gasteiger partial charge in [0.25, 0.3) is 5.91 Å². The van der Waals surface area contributed by atoms with Crippen LogP contribution in [0.3, 0.4) is 0 Å². The first-order chi connectivity index (χ1) is 10.1. The maximum absolute atomic E-state index is 12.5. The fourth-order valence-electron chi connectivity index (χ4n) is 2.71. The number of likely N-dealkylation sites (N-methyl/N-ethyl adjacent to an activating group) is 2. The maximum atomic E-state index is 12.5. The molecule has 4 nitrogen and oxygen atoms in total. The van der Waals surface area contributed by atoms with Crippen molar-refractivity contribution in [3.05, 3.63) is 35.4 Å². The van der Waals surface area contributed by atoms with Gasteiger partial charge in [-0.05, 0) is 44.6 Å². The van der Waals surface area contributed by atoms with Gasteiger partial charge in [0.15, 0.2) is 0 Å². The van der Waals surface area contributed by atoms with Gasteiger partial charge in [-0.25, -0.2) is 0 Å². The molecular weight excluding hydrogens is 262 g/mol. The molecule has 21 heavy (non-hydrogen) atoms. The zero-order valence-corrected chi connectivity index (χ0v) is 12.8. The van der Waals surface area contributed by atoms with Crippen LogP contribution in [0.4, 0.5) is 0 Å². The number of carbonyl (C=O) groups excluding carboxylic acids is 1. The average Bonchev–Trinajstić information content (AvgIpc) is 2.90. The van der Waals surface area contributed by atoms with Crippen LogP contribution in [0, 0.1) is 11.8 Å². The highest BCUT2D eigenvalue weighted by atomic mass is 16.2. The number of rotatable bonds is 3. The van der Waals surface area contributed by atoms with Gasteiger partial charge in [0.2, 0.25) is 0 Å². The molecule has 4 heteroatoms. The minimum atomic E-state index is 0.0479. The quantitative estimate of drug-likeness (QED) is 0.848. The average molecular weight is 285 g/mol. The third-order valence-electron chi connectivity index (χ3n) is 3.95. The Labute approximate surface area is 126 Å². The summed E-state index contributed by atoms with van der Waals surface area (Å²) in [6.45, 7) is 2.22. The standard InChI is InChI=1S/C17H23N3O/c1-19-11-5-9-16(19)13-20(2)17(21)15-8-3-6-14(12-15)7-4-10-18/h3,6,8,12,16H,5,9-11,13,18H2,1-2H3. The number of benzene rings is 1. The molecule has 2 rings (SSSR count). The van der Waals surface area contributed by atoms with Crippen molar-refractivity contribution in [3.63, 3.8) is 0 Å². The molecular formula is C17H23N3O. The van der Waals surface area contributed by atoms with Crippen LogP contribution in [0.1, 0.15) is 28.8 Å². The van der Waals surface area contributed by atoms with Crippen molar-refractivity contribution in [3.8, 4) is 11.8 Å². The molecule has 0 spiro atoms. The van der Waals surface area contributed by atoms with E-state index in [0.717, 1.165) is 25.1 Å². The number of hydrogen-bond acceptors (Lipinski definition) is 3. The van der Waals surface area contributed by atoms with Crippen LogP contribution >= 0.6 is 0 Å². The summed E-state index contributed by atoms with van der Waals surface area (Å²) in [6.07, 6.45) is 2.38. The fraction of sp³-hybridized carbons (Fsp3) is 0.471. The van der Waals surface area contributed by atoms with E-state index in [9.17, 15) is 4.79 Å². The van der Waals surface area contributed by atoms with Crippen LogP contribution in [-0.4, -0.2) is 55.5 Å². The molecule has 1 fully saturated rings. The summed E-state index contributed by atoms with van der Waals surface area (Å²) in [5, 5.41) is 0. The molecule has 1 aliphatic heterocycles. The van der Waals surface area contributed by atoms with Gasteiger partial charge in [-0.1, -0.05) is 17.9 Å². The third-order valence-corrected chi connectivity index (χ3v) is 3.95. The molecule has 1 aromatic carbocycles. The Kier molecular flexibility index (Phi) is 5.38. The van der Waals surface area contributed by atoms with Gasteiger partial charge >= 0.3 is 0 Å². The Morgan fingerprint density at radius 2 is 2.33 bits per heavy atom. The van der Waals surface area contributed by atoms with Crippen molar-refractivity contribution in [1.82, 2.24) is 9.80 Å². The first-order valence-corrected chi connectivity index (χ1v) is 7.36. The van der Waals surface area contributed by atoms with Gasteiger partial charge in [-0.2, -0.15) is 0 Å². The smallest absolute Gasteiger partial charge is 0.253 e. The summed E-state index contributed by atoms with van der Waals surface area (Å²) < 4.78 is 0. The molecule has 2 N–H and O–H groups in total. The molecule has 0 aromatic heterocycles. The van der Waals surface area contributed by atoms with Crippen LogP contribution in [0.2, 0.25) is 0 Å². The lowest BCUT2D eigenvalue weighted by Crippen LogP contribution is -2.39. The highest BCUT2D eigenvalue weighted by molar-refractivity contribution is 5.94. The van der Waals surface area contributed by atoms with Gasteiger partial charge in [-0.3, -0.25) is 4.79 Å². The van der Waals surface area contributed by atoms with Crippen LogP contribution in [-0.2, 0) is 0 Å². The summed E-state index contributed by atoms with van der Waals surface area (Å²) in [5.74, 6) is 5.82. The third kappa shape index (κ3) is 4.07. The summed E-state index contributed by atoms with van der Waals surface area (Å²) >= 11 is 0. The van der Waals surface area contributed by atoms with E-state index in [1.165, 1.54) is 6.42 Å². The SMILES string of the molecule is CN(CC1CCCN1C)C(=O)c1cccc(C#CCN)c1. The molecule has 112 valence electrons. The monoisotopic (exact) mass is 285 g/mol. The van der Waals surface area contributed by atoms with Gasteiger partial charge in [-0.15, -0.1) is 0 Å². The highest BCUT2D eigenvalue weighted by Gasteiger charge is 2.24. The summed E-state index contributed by atoms with van der Waals surface area (Å²) in [6, 6.07) is 7.90. The lowest BCUT2D eigenvalue weighted by Gasteiger charge is -2.26. The van der Waals surface area contributed by atoms with E-state index >= 15 is 0 Å². The summed E-state index contributed by atoms with van der Waals surface area (Å²) in [7, 11) is 3.99. The second-order valence-electron chi connectivity index (χ2n) is 5.55. The van der Waals surface area contributed by atoms with Gasteiger partial charge < -0.3 is 15.5 Å². The number of likely N-dealkylation sites (tertiary alicyclic amines) is 1. The summed E-state index contributed by atoms with van der Waals surface area (Å²) in [4.78, 5) is 16.6. The topological polar surface area (TPSA) is 49.6 Å². The zero-order chi connectivity index (χ0) is 15.2. The number of nitrogens with zero attached hydrogens (tertiary/aromatic N) is 2. The first-order valence-electron chi connectivity index (χ1n) is 7.36. The Hall–Kier alpha value is -1.83. The van der Waals surface area contributed by atoms with Gasteiger partial charge in [0.1, 0.15) is 0 Å². The normalized spacial score (nSPS) is 18.1. The van der Waals surface area contributed by atoms with Crippen molar-refractivity contribution in [2.45, 2.75) is 18.9 Å². The maximum Gasteiger partial charge on any atom is 0.253 e. The molecule has 1 saturated heterocycles. The highest BCUT2D eigenvalue weighted by Crippen LogP contribution is 2.16. The van der Waals surface area contributed by atoms with E-state index in [1.807, 2.05) is 36.2 Å². The Morgan fingerprint density at radius 1 is 1.52 bits per heavy atom. The van der Waals surface area contributed by atoms with E-state index < -0.39 is 0 Å². The fourth-order valence-corrected chi connectivity index (χ4v) is 2.71. The number of hydrogen-bond donors (Lipinski definition) is 1. The predicted octanol–water partition coefficient (Wildman–Crippen LogP) is 1.16. The number of nitrogens with two attached hydrogens (primary N) is 1. The van der Waals surface area contributed by atoms with Crippen molar-refractivity contribution in [2.24, 2.45) is 5.73 Å². The van der Waals surface area contributed by atoms with E-state index in [1.54, 1.807) is 0 Å². The largest absolute Gasteiger partial charge is 0.340 e. The Bertz CT molecular complexity index is 559. The minimum absolute atomic E-state index is 0.0479. The van der Waals surface area contributed by atoms with Gasteiger partial charge in [0.05, 0.1) is 6.54 Å². The van der Waals surface area contributed by atoms with Crippen LogP contribution in [0.5, 0.6) is 0 Å². The molecule has 1 amide bonds. The number of amides is 1. The predicted molar refractivity (Wildman–Crippen MR) is 85.0 cm³/mol. The molecule has 1 heterocycles. The molecule has 1 aromatic rings. The van der Waals surface area contributed by atoms with Crippen molar-refractivity contribution in [1.29, 1.82) is 0 Å².